The van der Waals surface area contributed by atoms with Crippen molar-refractivity contribution >= 4 is 23.3 Å². The topological polar surface area (TPSA) is 98.3 Å². The minimum Gasteiger partial charge on any atom is -0.449 e. The normalized spacial score (nSPS) is 10.0. The minimum absolute atomic E-state index is 0.0613. The Morgan fingerprint density at radius 2 is 2.38 bits per heavy atom. The van der Waals surface area contributed by atoms with Gasteiger partial charge in [-0.15, -0.1) is 0 Å². The van der Waals surface area contributed by atoms with Crippen LogP contribution in [0.15, 0.2) is 24.5 Å². The highest BCUT2D eigenvalue weighted by molar-refractivity contribution is 7.17. The molecule has 7 heteroatoms. The van der Waals surface area contributed by atoms with Crippen LogP contribution < -0.4 is 10.5 Å². The Labute approximate surface area is 94.3 Å². The summed E-state index contributed by atoms with van der Waals surface area (Å²) in [5.41, 5.74) is 6.28. The fourth-order valence-electron chi connectivity index (χ4n) is 1.08. The minimum atomic E-state index is -1.41. The van der Waals surface area contributed by atoms with Crippen molar-refractivity contribution in [3.05, 3.63) is 24.5 Å². The fourth-order valence-corrected chi connectivity index (χ4v) is 1.90. The van der Waals surface area contributed by atoms with Crippen molar-refractivity contribution in [3.8, 4) is 15.6 Å². The van der Waals surface area contributed by atoms with E-state index in [-0.39, 0.29) is 10.9 Å². The van der Waals surface area contributed by atoms with Crippen molar-refractivity contribution in [3.63, 3.8) is 0 Å². The van der Waals surface area contributed by atoms with E-state index in [1.165, 1.54) is 0 Å². The molecule has 0 spiro atoms. The van der Waals surface area contributed by atoms with Gasteiger partial charge in [0.25, 0.3) is 0 Å². The number of carboxylic acid groups (broad SMARTS) is 1. The SMILES string of the molecule is Nc1nc(-c2cccnc2)sc1OC(=O)O. The Kier molecular flexibility index (Phi) is 2.69. The van der Waals surface area contributed by atoms with Gasteiger partial charge in [0.1, 0.15) is 5.01 Å². The van der Waals surface area contributed by atoms with Crippen LogP contribution in [0.25, 0.3) is 10.6 Å². The van der Waals surface area contributed by atoms with Gasteiger partial charge in [-0.05, 0) is 12.1 Å². The number of hydrogen-bond acceptors (Lipinski definition) is 6. The summed E-state index contributed by atoms with van der Waals surface area (Å²) in [6, 6.07) is 3.56. The molecule has 0 aliphatic rings. The average Bonchev–Trinajstić information content (AvgIpc) is 2.61. The molecule has 2 aromatic heterocycles. The number of hydrogen-bond donors (Lipinski definition) is 2. The quantitative estimate of drug-likeness (QED) is 0.773. The molecule has 0 aromatic carbocycles. The van der Waals surface area contributed by atoms with Crippen molar-refractivity contribution in [1.82, 2.24) is 9.97 Å². The van der Waals surface area contributed by atoms with E-state index in [1.807, 2.05) is 0 Å². The number of rotatable bonds is 2. The van der Waals surface area contributed by atoms with Gasteiger partial charge in [0.05, 0.1) is 0 Å². The molecule has 0 fully saturated rings. The number of nitrogens with two attached hydrogens (primary N) is 1. The number of ether oxygens (including phenoxy) is 1. The van der Waals surface area contributed by atoms with Crippen molar-refractivity contribution in [2.75, 3.05) is 5.73 Å². The zero-order chi connectivity index (χ0) is 11.5. The lowest BCUT2D eigenvalue weighted by Crippen LogP contribution is -2.03. The third-order valence-corrected chi connectivity index (χ3v) is 2.71. The van der Waals surface area contributed by atoms with Crippen molar-refractivity contribution in [1.29, 1.82) is 0 Å². The second-order valence-electron chi connectivity index (χ2n) is 2.80. The van der Waals surface area contributed by atoms with E-state index in [2.05, 4.69) is 14.7 Å². The molecular weight excluding hydrogens is 230 g/mol. The molecule has 0 bridgehead atoms. The monoisotopic (exact) mass is 237 g/mol. The van der Waals surface area contributed by atoms with Gasteiger partial charge < -0.3 is 15.6 Å². The number of pyridine rings is 1. The lowest BCUT2D eigenvalue weighted by molar-refractivity contribution is 0.146. The zero-order valence-electron chi connectivity index (χ0n) is 7.95. The third kappa shape index (κ3) is 2.09. The zero-order valence-corrected chi connectivity index (χ0v) is 8.77. The van der Waals surface area contributed by atoms with Crippen LogP contribution in [0.3, 0.4) is 0 Å². The van der Waals surface area contributed by atoms with Crippen molar-refractivity contribution in [2.45, 2.75) is 0 Å². The van der Waals surface area contributed by atoms with Crippen LogP contribution in [-0.2, 0) is 0 Å². The van der Waals surface area contributed by atoms with Crippen LogP contribution in [0.2, 0.25) is 0 Å². The molecule has 0 saturated heterocycles. The van der Waals surface area contributed by atoms with Crippen LogP contribution in [0.5, 0.6) is 5.06 Å². The molecule has 6 nitrogen and oxygen atoms in total. The first kappa shape index (κ1) is 10.4. The highest BCUT2D eigenvalue weighted by atomic mass is 32.1. The van der Waals surface area contributed by atoms with E-state index in [1.54, 1.807) is 24.5 Å². The van der Waals surface area contributed by atoms with Crippen LogP contribution in [-0.4, -0.2) is 21.2 Å². The lowest BCUT2D eigenvalue weighted by Gasteiger charge is -1.93. The summed E-state index contributed by atoms with van der Waals surface area (Å²) in [5.74, 6) is 0.0613. The number of aromatic nitrogens is 2. The van der Waals surface area contributed by atoms with Gasteiger partial charge in [0.15, 0.2) is 5.82 Å². The standard InChI is InChI=1S/C9H7N3O3S/c10-6-8(15-9(13)14)16-7(12-6)5-2-1-3-11-4-5/h1-4H,10H2,(H,13,14). The van der Waals surface area contributed by atoms with Crippen molar-refractivity contribution < 1.29 is 14.6 Å². The molecule has 0 amide bonds. The number of nitrogens with zero attached hydrogens (tertiary/aromatic N) is 2. The van der Waals surface area contributed by atoms with Crippen LogP contribution in [0.1, 0.15) is 0 Å². The molecule has 0 aliphatic heterocycles. The number of carbonyl (C=O) groups is 1. The van der Waals surface area contributed by atoms with E-state index in [0.717, 1.165) is 16.9 Å². The van der Waals surface area contributed by atoms with Gasteiger partial charge in [0.2, 0.25) is 5.06 Å². The molecule has 3 N–H and O–H groups in total. The van der Waals surface area contributed by atoms with Gasteiger partial charge in [-0.3, -0.25) is 4.98 Å². The van der Waals surface area contributed by atoms with Gasteiger partial charge in [0, 0.05) is 18.0 Å². The Bertz CT molecular complexity index is 512. The maximum atomic E-state index is 10.4. The summed E-state index contributed by atoms with van der Waals surface area (Å²) in [5, 5.41) is 9.11. The molecule has 16 heavy (non-hydrogen) atoms. The molecule has 2 heterocycles. The largest absolute Gasteiger partial charge is 0.512 e. The van der Waals surface area contributed by atoms with Crippen LogP contribution in [0.4, 0.5) is 10.6 Å². The predicted molar refractivity (Wildman–Crippen MR) is 58.4 cm³/mol. The number of thiazole rings is 1. The van der Waals surface area contributed by atoms with E-state index in [4.69, 9.17) is 10.8 Å². The van der Waals surface area contributed by atoms with Gasteiger partial charge in [-0.2, -0.15) is 0 Å². The predicted octanol–water partition coefficient (Wildman–Crippen LogP) is 1.84. The molecule has 0 saturated carbocycles. The van der Waals surface area contributed by atoms with Gasteiger partial charge in [-0.25, -0.2) is 9.78 Å². The number of anilines is 1. The summed E-state index contributed by atoms with van der Waals surface area (Å²) < 4.78 is 4.47. The Balaban J connectivity index is 2.34. The first-order chi connectivity index (χ1) is 7.66. The molecule has 0 unspecified atom stereocenters. The van der Waals surface area contributed by atoms with Crippen LogP contribution in [0, 0.1) is 0 Å². The molecule has 82 valence electrons. The Morgan fingerprint density at radius 3 is 3.00 bits per heavy atom. The van der Waals surface area contributed by atoms with Crippen LogP contribution >= 0.6 is 11.3 Å². The third-order valence-electron chi connectivity index (χ3n) is 1.71. The first-order valence-corrected chi connectivity index (χ1v) is 5.06. The van der Waals surface area contributed by atoms with Crippen molar-refractivity contribution in [2.24, 2.45) is 0 Å². The fraction of sp³-hybridized carbons (Fsp3) is 0. The lowest BCUT2D eigenvalue weighted by atomic mass is 10.3. The van der Waals surface area contributed by atoms with E-state index >= 15 is 0 Å². The molecule has 0 aliphatic carbocycles. The molecule has 2 rings (SSSR count). The molecule has 0 atom stereocenters. The maximum absolute atomic E-state index is 10.4. The van der Waals surface area contributed by atoms with Gasteiger partial charge in [-0.1, -0.05) is 11.3 Å². The summed E-state index contributed by atoms with van der Waals surface area (Å²) in [4.78, 5) is 18.3. The summed E-state index contributed by atoms with van der Waals surface area (Å²) >= 11 is 1.06. The summed E-state index contributed by atoms with van der Waals surface area (Å²) in [6.07, 6.45) is 1.84. The first-order valence-electron chi connectivity index (χ1n) is 4.24. The Hall–Kier alpha value is -2.15. The highest BCUT2D eigenvalue weighted by Gasteiger charge is 2.13. The highest BCUT2D eigenvalue weighted by Crippen LogP contribution is 2.35. The van der Waals surface area contributed by atoms with E-state index in [0.29, 0.717) is 5.01 Å². The molecule has 2 aromatic rings. The average molecular weight is 237 g/mol. The number of nitrogen functional groups attached to an aromatic ring is 1. The second kappa shape index (κ2) is 4.15. The second-order valence-corrected chi connectivity index (χ2v) is 3.76. The molecular formula is C9H7N3O3S. The smallest absolute Gasteiger partial charge is 0.449 e. The Morgan fingerprint density at radius 1 is 1.56 bits per heavy atom. The summed E-state index contributed by atoms with van der Waals surface area (Å²) in [6.45, 7) is 0. The van der Waals surface area contributed by atoms with E-state index in [9.17, 15) is 4.79 Å². The maximum Gasteiger partial charge on any atom is 0.512 e. The van der Waals surface area contributed by atoms with Gasteiger partial charge >= 0.3 is 6.16 Å². The van der Waals surface area contributed by atoms with E-state index < -0.39 is 6.16 Å². The summed E-state index contributed by atoms with van der Waals surface area (Å²) in [7, 11) is 0. The molecule has 0 radical (unpaired) electrons.